The first-order valence-electron chi connectivity index (χ1n) is 17.2. The van der Waals surface area contributed by atoms with Gasteiger partial charge in [-0.25, -0.2) is 18.0 Å². The van der Waals surface area contributed by atoms with Gasteiger partial charge in [-0.2, -0.15) is 9.78 Å². The fraction of sp³-hybridized carbons (Fsp3) is 0.600. The summed E-state index contributed by atoms with van der Waals surface area (Å²) in [6.45, 7) is 0.123. The fourth-order valence-electron chi connectivity index (χ4n) is 9.01. The van der Waals surface area contributed by atoms with Gasteiger partial charge in [0.25, 0.3) is 5.91 Å². The maximum Gasteiger partial charge on any atom is 0.410 e. The molecule has 2 aromatic carbocycles. The molecule has 2 spiro atoms. The number of anilines is 2. The van der Waals surface area contributed by atoms with E-state index in [2.05, 4.69) is 5.32 Å². The van der Waals surface area contributed by atoms with Crippen molar-refractivity contribution in [2.24, 2.45) is 11.8 Å². The summed E-state index contributed by atoms with van der Waals surface area (Å²) in [5.41, 5.74) is -2.27. The Labute approximate surface area is 295 Å². The number of β-amino-alcohol motifs (C(OH)–C–C–N with tert-alkyl or cyclic N) is 1. The average Bonchev–Trinajstić information content (AvgIpc) is 3.77. The first-order valence-corrected chi connectivity index (χ1v) is 18.3. The van der Waals surface area contributed by atoms with E-state index in [0.717, 1.165) is 50.7 Å². The maximum atomic E-state index is 15.0. The smallest absolute Gasteiger partial charge is 0.410 e. The summed E-state index contributed by atoms with van der Waals surface area (Å²) < 4.78 is 57.1. The third-order valence-electron chi connectivity index (χ3n) is 11.4. The van der Waals surface area contributed by atoms with Crippen LogP contribution in [0.2, 0.25) is 0 Å². The second-order valence-corrected chi connectivity index (χ2v) is 15.9. The number of amides is 2. The van der Waals surface area contributed by atoms with Crippen LogP contribution >= 0.6 is 22.6 Å². The Kier molecular flexibility index (Phi) is 8.56. The molecule has 14 heteroatoms. The number of halogens is 4. The molecule has 2 aromatic rings. The van der Waals surface area contributed by atoms with Crippen molar-refractivity contribution < 1.29 is 47.1 Å². The van der Waals surface area contributed by atoms with E-state index < -0.39 is 64.5 Å². The second kappa shape index (κ2) is 12.5. The Morgan fingerprint density at radius 3 is 2.57 bits per heavy atom. The Bertz CT molecular complexity index is 1660. The first kappa shape index (κ1) is 33.5. The lowest BCUT2D eigenvalue weighted by atomic mass is 9.80. The highest BCUT2D eigenvalue weighted by atomic mass is 127. The maximum absolute atomic E-state index is 15.0. The van der Waals surface area contributed by atoms with Crippen LogP contribution in [0.25, 0.3) is 0 Å². The lowest BCUT2D eigenvalue weighted by molar-refractivity contribution is -0.363. The molecule has 0 radical (unpaired) electrons. The summed E-state index contributed by atoms with van der Waals surface area (Å²) in [6.07, 6.45) is 7.63. The minimum atomic E-state index is -1.43. The number of hydrogen-bond donors (Lipinski definition) is 2. The molecule has 2 N–H and O–H groups in total. The zero-order chi connectivity index (χ0) is 34.1. The van der Waals surface area contributed by atoms with Gasteiger partial charge in [0, 0.05) is 35.3 Å². The van der Waals surface area contributed by atoms with Gasteiger partial charge in [0.05, 0.1) is 36.1 Å². The van der Waals surface area contributed by atoms with Crippen LogP contribution in [-0.2, 0) is 19.2 Å². The molecule has 3 saturated carbocycles. The molecular formula is C35H39F3IN3O7. The third-order valence-corrected chi connectivity index (χ3v) is 12.1. The van der Waals surface area contributed by atoms with E-state index >= 15 is 4.39 Å². The molecule has 6 aliphatic rings. The van der Waals surface area contributed by atoms with Crippen LogP contribution in [0, 0.1) is 32.9 Å². The minimum Gasteiger partial charge on any atom is -0.446 e. The Balaban J connectivity index is 0.927. The summed E-state index contributed by atoms with van der Waals surface area (Å²) >= 11 is 1.93. The minimum absolute atomic E-state index is 0.122. The molecule has 6 fully saturated rings. The van der Waals surface area contributed by atoms with E-state index in [9.17, 15) is 23.5 Å². The molecule has 3 aliphatic carbocycles. The van der Waals surface area contributed by atoms with Gasteiger partial charge in [-0.05, 0) is 110 Å². The van der Waals surface area contributed by atoms with Crippen LogP contribution in [0.3, 0.4) is 0 Å². The van der Waals surface area contributed by atoms with Crippen LogP contribution in [0.1, 0.15) is 81.0 Å². The molecule has 3 aliphatic heterocycles. The monoisotopic (exact) mass is 797 g/mol. The molecule has 6 unspecified atom stereocenters. The standard InChI is InChI=1S/C35H39F3IN3O7/c36-25-10-9-24(30(29(25)38)40-27-11-8-22(39)15-26(27)37)31(43)41-18-33(45,19-41)28-5-1-2-13-42(28)32(44)46-23-4-3-12-34(17-23)47-35(49-48-34)16-20-6-7-21(35)14-20/h8-11,15,20-21,23,28,40,45H,1-7,12-14,16-19H2. The molecule has 3 heterocycles. The quantitative estimate of drug-likeness (QED) is 0.253. The van der Waals surface area contributed by atoms with Gasteiger partial charge in [-0.1, -0.05) is 0 Å². The molecule has 2 bridgehead atoms. The predicted octanol–water partition coefficient (Wildman–Crippen LogP) is 6.76. The van der Waals surface area contributed by atoms with Gasteiger partial charge in [-0.3, -0.25) is 4.79 Å². The summed E-state index contributed by atoms with van der Waals surface area (Å²) in [6, 6.07) is 5.55. The van der Waals surface area contributed by atoms with Crippen molar-refractivity contribution >= 4 is 46.0 Å². The van der Waals surface area contributed by atoms with Crippen molar-refractivity contribution in [3.8, 4) is 0 Å². The number of carbonyl (C=O) groups is 2. The normalized spacial score (nSPS) is 33.2. The molecule has 0 aromatic heterocycles. The van der Waals surface area contributed by atoms with E-state index in [-0.39, 0.29) is 24.3 Å². The molecular weight excluding hydrogens is 758 g/mol. The Morgan fingerprint density at radius 2 is 1.82 bits per heavy atom. The average molecular weight is 798 g/mol. The van der Waals surface area contributed by atoms with E-state index in [1.165, 1.54) is 23.5 Å². The number of rotatable bonds is 5. The lowest BCUT2D eigenvalue weighted by Crippen LogP contribution is -2.73. The summed E-state index contributed by atoms with van der Waals surface area (Å²) in [4.78, 5) is 41.9. The Morgan fingerprint density at radius 1 is 0.980 bits per heavy atom. The summed E-state index contributed by atoms with van der Waals surface area (Å²) in [5.74, 6) is -4.60. The van der Waals surface area contributed by atoms with Crippen LogP contribution in [0.15, 0.2) is 30.3 Å². The second-order valence-electron chi connectivity index (χ2n) is 14.7. The van der Waals surface area contributed by atoms with Crippen LogP contribution in [0.5, 0.6) is 0 Å². The number of nitrogens with one attached hydrogen (secondary N) is 1. The number of piperidine rings is 1. The number of benzene rings is 2. The van der Waals surface area contributed by atoms with Crippen molar-refractivity contribution in [3.63, 3.8) is 0 Å². The zero-order valence-corrected chi connectivity index (χ0v) is 29.1. The largest absolute Gasteiger partial charge is 0.446 e. The topological polar surface area (TPSA) is 110 Å². The summed E-state index contributed by atoms with van der Waals surface area (Å²) in [7, 11) is 0. The lowest BCUT2D eigenvalue weighted by Gasteiger charge is -2.54. The first-order chi connectivity index (χ1) is 23.5. The molecule has 49 heavy (non-hydrogen) atoms. The molecule has 264 valence electrons. The molecule has 6 atom stereocenters. The number of hydrogen-bond acceptors (Lipinski definition) is 8. The highest BCUT2D eigenvalue weighted by Gasteiger charge is 2.63. The predicted molar refractivity (Wildman–Crippen MR) is 177 cm³/mol. The van der Waals surface area contributed by atoms with Gasteiger partial charge < -0.3 is 29.7 Å². The zero-order valence-electron chi connectivity index (χ0n) is 26.9. The van der Waals surface area contributed by atoms with Crippen molar-refractivity contribution in [2.45, 2.75) is 100.0 Å². The third kappa shape index (κ3) is 5.98. The number of nitrogens with zero attached hydrogens (tertiary/aromatic N) is 2. The van der Waals surface area contributed by atoms with E-state index in [1.807, 2.05) is 22.6 Å². The number of aliphatic hydroxyl groups is 1. The Hall–Kier alpha value is -2.66. The number of ether oxygens (including phenoxy) is 2. The number of fused-ring (bicyclic) bond motifs is 3. The molecule has 3 saturated heterocycles. The van der Waals surface area contributed by atoms with Crippen molar-refractivity contribution in [2.75, 3.05) is 25.0 Å². The SMILES string of the molecule is O=C(c1ccc(F)c(F)c1Nc1ccc(I)cc1F)N1CC(O)(C2CCCCN2C(=O)OC2CCCC3(C2)OOC2(CC4CCC2C4)O3)C1. The van der Waals surface area contributed by atoms with Gasteiger partial charge in [0.2, 0.25) is 11.6 Å². The van der Waals surface area contributed by atoms with Crippen LogP contribution in [0.4, 0.5) is 29.3 Å². The fourth-order valence-corrected chi connectivity index (χ4v) is 9.46. The van der Waals surface area contributed by atoms with Gasteiger partial charge in [0.15, 0.2) is 11.6 Å². The summed E-state index contributed by atoms with van der Waals surface area (Å²) in [5, 5.41) is 14.3. The van der Waals surface area contributed by atoms with Crippen molar-refractivity contribution in [1.29, 1.82) is 0 Å². The number of carbonyl (C=O) groups excluding carboxylic acids is 2. The molecule has 2 amide bonds. The van der Waals surface area contributed by atoms with Crippen LogP contribution < -0.4 is 5.32 Å². The van der Waals surface area contributed by atoms with E-state index in [0.29, 0.717) is 47.6 Å². The van der Waals surface area contributed by atoms with E-state index in [1.54, 1.807) is 11.0 Å². The molecule has 10 nitrogen and oxygen atoms in total. The van der Waals surface area contributed by atoms with Gasteiger partial charge in [-0.15, -0.1) is 0 Å². The molecule has 8 rings (SSSR count). The van der Waals surface area contributed by atoms with Crippen molar-refractivity contribution in [1.82, 2.24) is 9.80 Å². The van der Waals surface area contributed by atoms with Gasteiger partial charge >= 0.3 is 6.09 Å². The highest BCUT2D eigenvalue weighted by molar-refractivity contribution is 14.1. The van der Waals surface area contributed by atoms with E-state index in [4.69, 9.17) is 19.2 Å². The highest BCUT2D eigenvalue weighted by Crippen LogP contribution is 2.59. The van der Waals surface area contributed by atoms with Crippen molar-refractivity contribution in [3.05, 3.63) is 56.9 Å². The van der Waals surface area contributed by atoms with Gasteiger partial charge in [0.1, 0.15) is 17.5 Å². The van der Waals surface area contributed by atoms with Crippen LogP contribution in [-0.4, -0.2) is 75.9 Å². The number of likely N-dealkylation sites (tertiary alicyclic amines) is 2.